The first-order valence-corrected chi connectivity index (χ1v) is 10.9. The van der Waals surface area contributed by atoms with Crippen molar-refractivity contribution < 1.29 is 4.79 Å². The third-order valence-electron chi connectivity index (χ3n) is 5.48. The molecule has 0 saturated heterocycles. The van der Waals surface area contributed by atoms with Crippen LogP contribution in [0.2, 0.25) is 5.02 Å². The minimum Gasteiger partial charge on any atom is -0.330 e. The molecule has 0 fully saturated rings. The molecule has 28 heavy (non-hydrogen) atoms. The van der Waals surface area contributed by atoms with E-state index in [4.69, 9.17) is 17.3 Å². The fraction of sp³-hybridized carbons (Fsp3) is 0.364. The summed E-state index contributed by atoms with van der Waals surface area (Å²) in [5.74, 6) is 0.314. The molecule has 4 nitrogen and oxygen atoms in total. The number of nitrogens with zero attached hydrogens (tertiary/aromatic N) is 2. The van der Waals surface area contributed by atoms with Gasteiger partial charge in [0.25, 0.3) is 0 Å². The van der Waals surface area contributed by atoms with Crippen molar-refractivity contribution in [1.82, 2.24) is 9.78 Å². The predicted molar refractivity (Wildman–Crippen MR) is 115 cm³/mol. The fourth-order valence-electron chi connectivity index (χ4n) is 3.89. The summed E-state index contributed by atoms with van der Waals surface area (Å²) in [6, 6.07) is 10.3. The molecule has 6 heteroatoms. The van der Waals surface area contributed by atoms with Crippen molar-refractivity contribution in [3.05, 3.63) is 62.4 Å². The zero-order valence-corrected chi connectivity index (χ0v) is 17.5. The number of carbonyl (C=O) groups is 1. The van der Waals surface area contributed by atoms with Crippen LogP contribution in [0.3, 0.4) is 0 Å². The maximum atomic E-state index is 13.0. The second kappa shape index (κ2) is 8.19. The van der Waals surface area contributed by atoms with Crippen LogP contribution in [0.1, 0.15) is 38.5 Å². The molecule has 1 aliphatic rings. The number of ketones is 1. The van der Waals surface area contributed by atoms with Crippen molar-refractivity contribution in [2.45, 2.75) is 39.2 Å². The van der Waals surface area contributed by atoms with Crippen LogP contribution in [0.4, 0.5) is 0 Å². The van der Waals surface area contributed by atoms with Gasteiger partial charge in [0, 0.05) is 23.4 Å². The molecule has 2 aromatic heterocycles. The van der Waals surface area contributed by atoms with Gasteiger partial charge < -0.3 is 5.73 Å². The number of halogens is 1. The standard InChI is InChI=1S/C22H24ClN3OS/c1-14-5-2-3-6-16(14)9-15(12-24)10-19(27)21-11-17-20(28-21)7-4-8-26-22(17)18(23)13-25-26/h2-3,5-6,11,13,15H,4,7-10,12,24H2,1H3. The largest absolute Gasteiger partial charge is 0.330 e. The van der Waals surface area contributed by atoms with Crippen LogP contribution >= 0.6 is 22.9 Å². The van der Waals surface area contributed by atoms with E-state index in [9.17, 15) is 4.79 Å². The Morgan fingerprint density at radius 2 is 2.21 bits per heavy atom. The van der Waals surface area contributed by atoms with E-state index in [0.29, 0.717) is 18.0 Å². The van der Waals surface area contributed by atoms with E-state index in [0.717, 1.165) is 41.9 Å². The van der Waals surface area contributed by atoms with E-state index in [-0.39, 0.29) is 11.7 Å². The molecule has 2 N–H and O–H groups in total. The number of nitrogens with two attached hydrogens (primary N) is 1. The highest BCUT2D eigenvalue weighted by molar-refractivity contribution is 7.14. The summed E-state index contributed by atoms with van der Waals surface area (Å²) in [6.07, 6.45) is 4.95. The highest BCUT2D eigenvalue weighted by atomic mass is 35.5. The Bertz CT molecular complexity index is 1010. The van der Waals surface area contributed by atoms with Gasteiger partial charge in [-0.1, -0.05) is 35.9 Å². The number of aryl methyl sites for hydroxylation is 3. The third-order valence-corrected chi connectivity index (χ3v) is 7.00. The Kier molecular flexibility index (Phi) is 5.67. The van der Waals surface area contributed by atoms with E-state index in [1.807, 2.05) is 22.9 Å². The molecule has 0 amide bonds. The van der Waals surface area contributed by atoms with Gasteiger partial charge in [-0.25, -0.2) is 0 Å². The first-order chi connectivity index (χ1) is 13.6. The van der Waals surface area contributed by atoms with Crippen LogP contribution in [0.25, 0.3) is 11.3 Å². The van der Waals surface area contributed by atoms with Crippen molar-refractivity contribution in [1.29, 1.82) is 0 Å². The predicted octanol–water partition coefficient (Wildman–Crippen LogP) is 4.91. The van der Waals surface area contributed by atoms with Crippen LogP contribution in [0.15, 0.2) is 36.5 Å². The van der Waals surface area contributed by atoms with E-state index < -0.39 is 0 Å². The molecule has 1 atom stereocenters. The van der Waals surface area contributed by atoms with Crippen LogP contribution in [-0.2, 0) is 19.4 Å². The molecule has 3 aromatic rings. The van der Waals surface area contributed by atoms with Gasteiger partial charge in [0.15, 0.2) is 5.78 Å². The Labute approximate surface area is 174 Å². The van der Waals surface area contributed by atoms with Gasteiger partial charge in [0.2, 0.25) is 0 Å². The molecular weight excluding hydrogens is 390 g/mol. The van der Waals surface area contributed by atoms with Crippen molar-refractivity contribution in [3.63, 3.8) is 0 Å². The van der Waals surface area contributed by atoms with Crippen LogP contribution in [-0.4, -0.2) is 22.1 Å². The fourth-order valence-corrected chi connectivity index (χ4v) is 5.29. The summed E-state index contributed by atoms with van der Waals surface area (Å²) in [6.45, 7) is 3.47. The van der Waals surface area contributed by atoms with E-state index in [2.05, 4.69) is 24.2 Å². The van der Waals surface area contributed by atoms with Crippen LogP contribution in [0.5, 0.6) is 0 Å². The van der Waals surface area contributed by atoms with Crippen LogP contribution in [0, 0.1) is 12.8 Å². The monoisotopic (exact) mass is 413 g/mol. The van der Waals surface area contributed by atoms with Gasteiger partial charge in [-0.3, -0.25) is 9.48 Å². The summed E-state index contributed by atoms with van der Waals surface area (Å²) in [5.41, 5.74) is 10.5. The third kappa shape index (κ3) is 3.79. The lowest BCUT2D eigenvalue weighted by atomic mass is 9.92. The number of aromatic nitrogens is 2. The Morgan fingerprint density at radius 3 is 3.00 bits per heavy atom. The van der Waals surface area contributed by atoms with Crippen LogP contribution < -0.4 is 5.73 Å². The molecule has 0 spiro atoms. The highest BCUT2D eigenvalue weighted by Gasteiger charge is 2.24. The van der Waals surface area contributed by atoms with Crippen molar-refractivity contribution in [2.24, 2.45) is 11.7 Å². The topological polar surface area (TPSA) is 60.9 Å². The van der Waals surface area contributed by atoms with Gasteiger partial charge in [-0.2, -0.15) is 5.10 Å². The first kappa shape index (κ1) is 19.4. The van der Waals surface area contributed by atoms with Gasteiger partial charge in [-0.15, -0.1) is 11.3 Å². The summed E-state index contributed by atoms with van der Waals surface area (Å²) in [5, 5.41) is 5.03. The van der Waals surface area contributed by atoms with E-state index in [1.54, 1.807) is 17.5 Å². The number of thiophene rings is 1. The summed E-state index contributed by atoms with van der Waals surface area (Å²) < 4.78 is 1.95. The van der Waals surface area contributed by atoms with Gasteiger partial charge in [0.1, 0.15) is 0 Å². The molecule has 1 unspecified atom stereocenters. The minimum atomic E-state index is 0.143. The van der Waals surface area contributed by atoms with Gasteiger partial charge in [0.05, 0.1) is 21.8 Å². The average molecular weight is 414 g/mol. The maximum absolute atomic E-state index is 13.0. The Hall–Kier alpha value is -1.95. The number of benzene rings is 1. The summed E-state index contributed by atoms with van der Waals surface area (Å²) >= 11 is 7.98. The molecule has 0 saturated carbocycles. The number of hydrogen-bond donors (Lipinski definition) is 1. The highest BCUT2D eigenvalue weighted by Crippen LogP contribution is 2.39. The lowest BCUT2D eigenvalue weighted by molar-refractivity contribution is 0.0966. The lowest BCUT2D eigenvalue weighted by Gasteiger charge is -2.15. The number of hydrogen-bond acceptors (Lipinski definition) is 4. The summed E-state index contributed by atoms with van der Waals surface area (Å²) in [4.78, 5) is 15.1. The SMILES string of the molecule is Cc1ccccc1CC(CN)CC(=O)c1cc2c(s1)CCCn1ncc(Cl)c1-2. The second-order valence-corrected chi connectivity index (χ2v) is 9.02. The first-order valence-electron chi connectivity index (χ1n) is 9.69. The zero-order valence-electron chi connectivity index (χ0n) is 16.0. The molecule has 146 valence electrons. The molecular formula is C22H24ClN3OS. The zero-order chi connectivity index (χ0) is 19.7. The number of Topliss-reactive ketones (excluding diaryl/α,β-unsaturated/α-hetero) is 1. The number of carbonyl (C=O) groups excluding carboxylic acids is 1. The number of fused-ring (bicyclic) bond motifs is 3. The smallest absolute Gasteiger partial charge is 0.173 e. The number of rotatable bonds is 6. The minimum absolute atomic E-state index is 0.143. The van der Waals surface area contributed by atoms with Crippen molar-refractivity contribution in [3.8, 4) is 11.3 Å². The lowest BCUT2D eigenvalue weighted by Crippen LogP contribution is -2.20. The van der Waals surface area contributed by atoms with Gasteiger partial charge >= 0.3 is 0 Å². The molecule has 3 heterocycles. The molecule has 0 aliphatic carbocycles. The molecule has 0 bridgehead atoms. The second-order valence-electron chi connectivity index (χ2n) is 7.47. The Balaban J connectivity index is 1.55. The van der Waals surface area contributed by atoms with E-state index in [1.165, 1.54) is 16.0 Å². The quantitative estimate of drug-likeness (QED) is 0.584. The molecule has 4 rings (SSSR count). The summed E-state index contributed by atoms with van der Waals surface area (Å²) in [7, 11) is 0. The van der Waals surface area contributed by atoms with Gasteiger partial charge in [-0.05, 0) is 55.8 Å². The molecule has 1 aromatic carbocycles. The average Bonchev–Trinajstić information content (AvgIpc) is 3.22. The van der Waals surface area contributed by atoms with Crippen molar-refractivity contribution in [2.75, 3.05) is 6.54 Å². The van der Waals surface area contributed by atoms with Crippen molar-refractivity contribution >= 4 is 28.7 Å². The molecule has 0 radical (unpaired) electrons. The molecule has 1 aliphatic heterocycles. The normalized spacial score (nSPS) is 14.2. The Morgan fingerprint density at radius 1 is 1.39 bits per heavy atom. The maximum Gasteiger partial charge on any atom is 0.173 e. The van der Waals surface area contributed by atoms with E-state index >= 15 is 0 Å².